The third kappa shape index (κ3) is 3.64. The first-order valence-electron chi connectivity index (χ1n) is 7.53. The van der Waals surface area contributed by atoms with Crippen LogP contribution >= 0.6 is 11.8 Å². The first-order valence-corrected chi connectivity index (χ1v) is 10.0. The highest BCUT2D eigenvalue weighted by Gasteiger charge is 2.31. The van der Waals surface area contributed by atoms with Gasteiger partial charge in [-0.05, 0) is 18.9 Å². The van der Waals surface area contributed by atoms with Gasteiger partial charge in [0.25, 0.3) is 0 Å². The maximum atomic E-state index is 12.8. The second kappa shape index (κ2) is 7.17. The van der Waals surface area contributed by atoms with Crippen molar-refractivity contribution in [1.29, 1.82) is 0 Å². The normalized spacial score (nSPS) is 20.8. The molecule has 2 heterocycles. The predicted molar refractivity (Wildman–Crippen MR) is 87.9 cm³/mol. The maximum absolute atomic E-state index is 12.8. The van der Waals surface area contributed by atoms with Gasteiger partial charge < -0.3 is 10.3 Å². The minimum Gasteiger partial charge on any atom is -0.349 e. The smallest absolute Gasteiger partial charge is 0.244 e. The Kier molecular flexibility index (Phi) is 5.76. The van der Waals surface area contributed by atoms with Crippen LogP contribution < -0.4 is 5.73 Å². The van der Waals surface area contributed by atoms with Gasteiger partial charge in [-0.3, -0.25) is 0 Å². The van der Waals surface area contributed by atoms with Gasteiger partial charge in [0.15, 0.2) is 0 Å². The lowest BCUT2D eigenvalue weighted by molar-refractivity contribution is 0.416. The summed E-state index contributed by atoms with van der Waals surface area (Å²) in [5.41, 5.74) is 6.61. The summed E-state index contributed by atoms with van der Waals surface area (Å²) in [5, 5.41) is 0.403. The number of nitrogens with zero attached hydrogens (tertiary/aromatic N) is 2. The van der Waals surface area contributed by atoms with E-state index in [4.69, 9.17) is 5.73 Å². The predicted octanol–water partition coefficient (Wildman–Crippen LogP) is 1.87. The summed E-state index contributed by atoms with van der Waals surface area (Å²) in [7, 11) is -3.39. The van der Waals surface area contributed by atoms with Crippen molar-refractivity contribution in [3.63, 3.8) is 0 Å². The van der Waals surface area contributed by atoms with Gasteiger partial charge in [-0.25, -0.2) is 8.42 Å². The SMILES string of the molecule is CCCn1cc(S(=O)(=O)N2CCSC(CC)C2)cc1CN. The van der Waals surface area contributed by atoms with Crippen LogP contribution in [0.4, 0.5) is 0 Å². The van der Waals surface area contributed by atoms with E-state index >= 15 is 0 Å². The van der Waals surface area contributed by atoms with Gasteiger partial charge in [0.1, 0.15) is 4.90 Å². The molecule has 0 radical (unpaired) electrons. The fourth-order valence-corrected chi connectivity index (χ4v) is 5.54. The molecule has 1 fully saturated rings. The average Bonchev–Trinajstić information content (AvgIpc) is 2.91. The maximum Gasteiger partial charge on any atom is 0.244 e. The third-order valence-electron chi connectivity index (χ3n) is 3.83. The molecule has 2 rings (SSSR count). The molecular formula is C14H25N3O2S2. The Morgan fingerprint density at radius 2 is 2.19 bits per heavy atom. The van der Waals surface area contributed by atoms with E-state index in [1.54, 1.807) is 16.6 Å². The molecule has 0 spiro atoms. The monoisotopic (exact) mass is 331 g/mol. The van der Waals surface area contributed by atoms with E-state index in [-0.39, 0.29) is 0 Å². The molecular weight excluding hydrogens is 306 g/mol. The largest absolute Gasteiger partial charge is 0.349 e. The van der Waals surface area contributed by atoms with Crippen molar-refractivity contribution in [3.8, 4) is 0 Å². The molecule has 1 aromatic rings. The zero-order chi connectivity index (χ0) is 15.5. The van der Waals surface area contributed by atoms with E-state index in [0.717, 1.165) is 30.8 Å². The average molecular weight is 332 g/mol. The quantitative estimate of drug-likeness (QED) is 0.864. The molecule has 2 N–H and O–H groups in total. The molecule has 120 valence electrons. The Morgan fingerprint density at radius 3 is 2.81 bits per heavy atom. The molecule has 1 unspecified atom stereocenters. The summed E-state index contributed by atoms with van der Waals surface area (Å²) in [6.45, 7) is 6.56. The highest BCUT2D eigenvalue weighted by Crippen LogP contribution is 2.27. The summed E-state index contributed by atoms with van der Waals surface area (Å²) in [6.07, 6.45) is 3.70. The number of aryl methyl sites for hydroxylation is 1. The summed E-state index contributed by atoms with van der Waals surface area (Å²) in [5.74, 6) is 0.872. The molecule has 1 aliphatic heterocycles. The molecule has 21 heavy (non-hydrogen) atoms. The molecule has 0 bridgehead atoms. The summed E-state index contributed by atoms with van der Waals surface area (Å²) in [4.78, 5) is 0.387. The standard InChI is InChI=1S/C14H25N3O2S2/c1-3-5-16-11-14(8-12(16)9-15)21(18,19)17-6-7-20-13(4-2)10-17/h8,11,13H,3-7,9-10,15H2,1-2H3. The number of sulfonamides is 1. The van der Waals surface area contributed by atoms with Gasteiger partial charge in [-0.1, -0.05) is 13.8 Å². The molecule has 0 aliphatic carbocycles. The number of hydrogen-bond donors (Lipinski definition) is 1. The zero-order valence-electron chi connectivity index (χ0n) is 12.8. The Balaban J connectivity index is 2.26. The highest BCUT2D eigenvalue weighted by atomic mass is 32.2. The van der Waals surface area contributed by atoms with Gasteiger partial charge in [0, 0.05) is 49.1 Å². The van der Waals surface area contributed by atoms with Crippen molar-refractivity contribution in [2.24, 2.45) is 5.73 Å². The molecule has 1 saturated heterocycles. The van der Waals surface area contributed by atoms with Crippen LogP contribution in [0.5, 0.6) is 0 Å². The molecule has 0 aromatic carbocycles. The van der Waals surface area contributed by atoms with Crippen LogP contribution in [0, 0.1) is 0 Å². The van der Waals surface area contributed by atoms with Crippen molar-refractivity contribution in [2.45, 2.75) is 49.9 Å². The van der Waals surface area contributed by atoms with E-state index in [9.17, 15) is 8.42 Å². The Bertz CT molecular complexity index is 569. The number of thioether (sulfide) groups is 1. The van der Waals surface area contributed by atoms with E-state index in [1.807, 2.05) is 16.3 Å². The molecule has 1 atom stereocenters. The van der Waals surface area contributed by atoms with E-state index in [2.05, 4.69) is 13.8 Å². The molecule has 1 aromatic heterocycles. The van der Waals surface area contributed by atoms with Gasteiger partial charge in [-0.15, -0.1) is 0 Å². The topological polar surface area (TPSA) is 68.3 Å². The first-order chi connectivity index (χ1) is 10.0. The molecule has 5 nitrogen and oxygen atoms in total. The number of hydrogen-bond acceptors (Lipinski definition) is 4. The first kappa shape index (κ1) is 16.9. The van der Waals surface area contributed by atoms with Crippen LogP contribution in [-0.2, 0) is 23.1 Å². The number of rotatable bonds is 6. The second-order valence-corrected chi connectivity index (χ2v) is 8.67. The van der Waals surface area contributed by atoms with Crippen molar-refractivity contribution in [2.75, 3.05) is 18.8 Å². The summed E-state index contributed by atoms with van der Waals surface area (Å²) < 4.78 is 29.2. The summed E-state index contributed by atoms with van der Waals surface area (Å²) >= 11 is 1.87. The second-order valence-electron chi connectivity index (χ2n) is 5.33. The van der Waals surface area contributed by atoms with Crippen molar-refractivity contribution >= 4 is 21.8 Å². The van der Waals surface area contributed by atoms with Crippen LogP contribution in [0.2, 0.25) is 0 Å². The van der Waals surface area contributed by atoms with Crippen LogP contribution in [0.25, 0.3) is 0 Å². The summed E-state index contributed by atoms with van der Waals surface area (Å²) in [6, 6.07) is 1.73. The number of aromatic nitrogens is 1. The molecule has 1 aliphatic rings. The molecule has 0 saturated carbocycles. The molecule has 7 heteroatoms. The minimum absolute atomic E-state index is 0.364. The van der Waals surface area contributed by atoms with Crippen molar-refractivity contribution in [1.82, 2.24) is 8.87 Å². The van der Waals surface area contributed by atoms with Crippen molar-refractivity contribution in [3.05, 3.63) is 18.0 Å². The van der Waals surface area contributed by atoms with Crippen LogP contribution in [0.1, 0.15) is 32.4 Å². The van der Waals surface area contributed by atoms with E-state index < -0.39 is 10.0 Å². The van der Waals surface area contributed by atoms with Gasteiger partial charge in [-0.2, -0.15) is 16.1 Å². The van der Waals surface area contributed by atoms with Crippen LogP contribution in [0.15, 0.2) is 17.2 Å². The zero-order valence-corrected chi connectivity index (χ0v) is 14.4. The lowest BCUT2D eigenvalue weighted by Gasteiger charge is -2.30. The van der Waals surface area contributed by atoms with Crippen LogP contribution in [-0.4, -0.2) is 41.4 Å². The lowest BCUT2D eigenvalue weighted by atomic mass is 10.3. The van der Waals surface area contributed by atoms with Gasteiger partial charge in [0.05, 0.1) is 0 Å². The fraction of sp³-hybridized carbons (Fsp3) is 0.714. The van der Waals surface area contributed by atoms with Crippen molar-refractivity contribution < 1.29 is 8.42 Å². The highest BCUT2D eigenvalue weighted by molar-refractivity contribution is 8.00. The van der Waals surface area contributed by atoms with E-state index in [0.29, 0.717) is 29.8 Å². The molecule has 0 amide bonds. The fourth-order valence-electron chi connectivity index (χ4n) is 2.59. The Morgan fingerprint density at radius 1 is 1.43 bits per heavy atom. The Hall–Kier alpha value is -0.500. The minimum atomic E-state index is -3.39. The third-order valence-corrected chi connectivity index (χ3v) is 7.03. The van der Waals surface area contributed by atoms with Gasteiger partial charge in [0.2, 0.25) is 10.0 Å². The number of nitrogens with two attached hydrogens (primary N) is 1. The Labute approximate surface area is 131 Å². The lowest BCUT2D eigenvalue weighted by Crippen LogP contribution is -2.41. The van der Waals surface area contributed by atoms with Crippen LogP contribution in [0.3, 0.4) is 0 Å². The van der Waals surface area contributed by atoms with Gasteiger partial charge >= 0.3 is 0 Å². The van der Waals surface area contributed by atoms with E-state index in [1.165, 1.54) is 0 Å².